The van der Waals surface area contributed by atoms with Crippen LogP contribution in [0.4, 0.5) is 5.69 Å². The molecule has 0 spiro atoms. The Bertz CT molecular complexity index is 1050. The van der Waals surface area contributed by atoms with E-state index in [2.05, 4.69) is 22.1 Å². The lowest BCUT2D eigenvalue weighted by atomic mass is 10.2. The molecule has 0 aliphatic rings. The van der Waals surface area contributed by atoms with Gasteiger partial charge < -0.3 is 10.1 Å². The number of hydrogen-bond donors (Lipinski definition) is 1. The van der Waals surface area contributed by atoms with Crippen LogP contribution in [-0.2, 0) is 11.3 Å². The van der Waals surface area contributed by atoms with Gasteiger partial charge >= 0.3 is 0 Å². The second-order valence-corrected chi connectivity index (χ2v) is 8.21. The molecule has 1 N–H and O–H groups in total. The van der Waals surface area contributed by atoms with Crippen molar-refractivity contribution in [2.75, 3.05) is 18.2 Å². The molecule has 2 aromatic carbocycles. The van der Waals surface area contributed by atoms with Gasteiger partial charge in [0.25, 0.3) is 0 Å². The minimum atomic E-state index is -0.287. The fraction of sp³-hybridized carbons (Fsp3) is 0.150. The number of rotatable bonds is 8. The van der Waals surface area contributed by atoms with E-state index in [1.807, 2.05) is 28.8 Å². The molecule has 0 radical (unpaired) electrons. The molecule has 0 saturated carbocycles. The third kappa shape index (κ3) is 5.29. The summed E-state index contributed by atoms with van der Waals surface area (Å²) in [5.41, 5.74) is 1.20. The van der Waals surface area contributed by atoms with E-state index in [-0.39, 0.29) is 21.7 Å². The van der Waals surface area contributed by atoms with E-state index < -0.39 is 0 Å². The predicted molar refractivity (Wildman–Crippen MR) is 123 cm³/mol. The molecule has 10 heteroatoms. The first kappa shape index (κ1) is 22.5. The van der Waals surface area contributed by atoms with E-state index in [1.54, 1.807) is 13.2 Å². The van der Waals surface area contributed by atoms with E-state index in [4.69, 9.17) is 39.5 Å². The van der Waals surface area contributed by atoms with Gasteiger partial charge in [-0.15, -0.1) is 16.8 Å². The largest absolute Gasteiger partial charge is 0.497 e. The summed E-state index contributed by atoms with van der Waals surface area (Å²) in [6.45, 7) is 4.28. The molecule has 1 amide bonds. The van der Waals surface area contributed by atoms with Gasteiger partial charge in [-0.25, -0.2) is 0 Å². The SMILES string of the molecule is C=CCn1c(SCC(=O)Nc2c(Cl)cc(Cl)cc2Cl)nnc1-c1ccc(OC)cc1. The van der Waals surface area contributed by atoms with Crippen LogP contribution in [-0.4, -0.2) is 33.5 Å². The average Bonchev–Trinajstić information content (AvgIpc) is 3.12. The highest BCUT2D eigenvalue weighted by Crippen LogP contribution is 2.34. The number of allylic oxidation sites excluding steroid dienone is 1. The Labute approximate surface area is 193 Å². The normalized spacial score (nSPS) is 10.7. The molecule has 6 nitrogen and oxygen atoms in total. The molecule has 3 aromatic rings. The third-order valence-corrected chi connectivity index (χ3v) is 5.76. The zero-order valence-electron chi connectivity index (χ0n) is 15.9. The number of nitrogens with one attached hydrogen (secondary N) is 1. The number of ether oxygens (including phenoxy) is 1. The quantitative estimate of drug-likeness (QED) is 0.322. The number of nitrogens with zero attached hydrogens (tertiary/aromatic N) is 3. The summed E-state index contributed by atoms with van der Waals surface area (Å²) in [6, 6.07) is 10.5. The van der Waals surface area contributed by atoms with Crippen molar-refractivity contribution < 1.29 is 9.53 Å². The summed E-state index contributed by atoms with van der Waals surface area (Å²) in [6.07, 6.45) is 1.74. The molecule has 0 aliphatic heterocycles. The van der Waals surface area contributed by atoms with Gasteiger partial charge in [-0.3, -0.25) is 9.36 Å². The van der Waals surface area contributed by atoms with Crippen LogP contribution in [0.3, 0.4) is 0 Å². The number of benzene rings is 2. The zero-order chi connectivity index (χ0) is 21.7. The molecule has 1 heterocycles. The summed E-state index contributed by atoms with van der Waals surface area (Å²) in [5.74, 6) is 1.22. The summed E-state index contributed by atoms with van der Waals surface area (Å²) in [4.78, 5) is 12.4. The number of carbonyl (C=O) groups is 1. The maximum Gasteiger partial charge on any atom is 0.234 e. The highest BCUT2D eigenvalue weighted by atomic mass is 35.5. The van der Waals surface area contributed by atoms with Gasteiger partial charge in [0, 0.05) is 17.1 Å². The van der Waals surface area contributed by atoms with Crippen LogP contribution in [0.25, 0.3) is 11.4 Å². The molecular weight excluding hydrogens is 467 g/mol. The van der Waals surface area contributed by atoms with Crippen molar-refractivity contribution in [2.45, 2.75) is 11.7 Å². The molecule has 0 unspecified atom stereocenters. The number of carbonyl (C=O) groups excluding carboxylic acids is 1. The van der Waals surface area contributed by atoms with Gasteiger partial charge in [-0.1, -0.05) is 52.6 Å². The lowest BCUT2D eigenvalue weighted by Gasteiger charge is -2.10. The summed E-state index contributed by atoms with van der Waals surface area (Å²) >= 11 is 19.4. The smallest absolute Gasteiger partial charge is 0.234 e. The van der Waals surface area contributed by atoms with Crippen LogP contribution in [0.1, 0.15) is 0 Å². The molecule has 0 bridgehead atoms. The fourth-order valence-electron chi connectivity index (χ4n) is 2.61. The van der Waals surface area contributed by atoms with Gasteiger partial charge in [0.15, 0.2) is 11.0 Å². The van der Waals surface area contributed by atoms with E-state index in [1.165, 1.54) is 23.9 Å². The topological polar surface area (TPSA) is 69.0 Å². The lowest BCUT2D eigenvalue weighted by molar-refractivity contribution is -0.113. The molecular formula is C20H17Cl3N4O2S. The first-order chi connectivity index (χ1) is 14.4. The number of methoxy groups -OCH3 is 1. The number of hydrogen-bond acceptors (Lipinski definition) is 5. The van der Waals surface area contributed by atoms with Gasteiger partial charge in [-0.2, -0.15) is 0 Å². The van der Waals surface area contributed by atoms with Crippen LogP contribution in [0.5, 0.6) is 5.75 Å². The van der Waals surface area contributed by atoms with E-state index in [0.717, 1.165) is 11.3 Å². The number of thioether (sulfide) groups is 1. The van der Waals surface area contributed by atoms with Crippen LogP contribution < -0.4 is 10.1 Å². The van der Waals surface area contributed by atoms with Crippen molar-refractivity contribution in [1.82, 2.24) is 14.8 Å². The predicted octanol–water partition coefficient (Wildman–Crippen LogP) is 5.83. The Morgan fingerprint density at radius 3 is 2.47 bits per heavy atom. The molecule has 0 fully saturated rings. The highest BCUT2D eigenvalue weighted by Gasteiger charge is 2.16. The molecule has 0 saturated heterocycles. The lowest BCUT2D eigenvalue weighted by Crippen LogP contribution is -2.15. The molecule has 0 aliphatic carbocycles. The van der Waals surface area contributed by atoms with Gasteiger partial charge in [0.1, 0.15) is 5.75 Å². The van der Waals surface area contributed by atoms with Crippen LogP contribution in [0, 0.1) is 0 Å². The average molecular weight is 484 g/mol. The second-order valence-electron chi connectivity index (χ2n) is 6.02. The van der Waals surface area contributed by atoms with Crippen LogP contribution in [0.2, 0.25) is 15.1 Å². The summed E-state index contributed by atoms with van der Waals surface area (Å²) in [5, 5.41) is 12.7. The highest BCUT2D eigenvalue weighted by molar-refractivity contribution is 7.99. The van der Waals surface area contributed by atoms with Gasteiger partial charge in [0.2, 0.25) is 5.91 Å². The Morgan fingerprint density at radius 1 is 1.20 bits per heavy atom. The number of amides is 1. The van der Waals surface area contributed by atoms with E-state index >= 15 is 0 Å². The number of aromatic nitrogens is 3. The van der Waals surface area contributed by atoms with Crippen molar-refractivity contribution in [3.05, 3.63) is 64.1 Å². The van der Waals surface area contributed by atoms with Gasteiger partial charge in [0.05, 0.1) is 28.6 Å². The molecule has 1 aromatic heterocycles. The van der Waals surface area contributed by atoms with E-state index in [9.17, 15) is 4.79 Å². The zero-order valence-corrected chi connectivity index (χ0v) is 18.9. The Hall–Kier alpha value is -2.19. The van der Waals surface area contributed by atoms with Gasteiger partial charge in [-0.05, 0) is 36.4 Å². The third-order valence-electron chi connectivity index (χ3n) is 3.98. The van der Waals surface area contributed by atoms with Crippen molar-refractivity contribution >= 4 is 58.2 Å². The maximum absolute atomic E-state index is 12.4. The van der Waals surface area contributed by atoms with Crippen LogP contribution >= 0.6 is 46.6 Å². The van der Waals surface area contributed by atoms with Crippen molar-refractivity contribution in [3.63, 3.8) is 0 Å². The van der Waals surface area contributed by atoms with Crippen molar-refractivity contribution in [2.24, 2.45) is 0 Å². The maximum atomic E-state index is 12.4. The second kappa shape index (κ2) is 10.2. The minimum absolute atomic E-state index is 0.0904. The summed E-state index contributed by atoms with van der Waals surface area (Å²) in [7, 11) is 1.61. The standard InChI is InChI=1S/C20H17Cl3N4O2S/c1-3-8-27-19(12-4-6-14(29-2)7-5-12)25-26-20(27)30-11-17(28)24-18-15(22)9-13(21)10-16(18)23/h3-7,9-10H,1,8,11H2,2H3,(H,24,28). The van der Waals surface area contributed by atoms with Crippen LogP contribution in [0.15, 0.2) is 54.2 Å². The first-order valence-electron chi connectivity index (χ1n) is 8.68. The number of anilines is 1. The Kier molecular flexibility index (Phi) is 7.66. The minimum Gasteiger partial charge on any atom is -0.497 e. The monoisotopic (exact) mass is 482 g/mol. The van der Waals surface area contributed by atoms with E-state index in [0.29, 0.717) is 28.2 Å². The Balaban J connectivity index is 1.74. The first-order valence-corrected chi connectivity index (χ1v) is 10.8. The fourth-order valence-corrected chi connectivity index (χ4v) is 4.27. The molecule has 3 rings (SSSR count). The van der Waals surface area contributed by atoms with Crippen molar-refractivity contribution in [3.8, 4) is 17.1 Å². The van der Waals surface area contributed by atoms with Crippen molar-refractivity contribution in [1.29, 1.82) is 0 Å². The molecule has 30 heavy (non-hydrogen) atoms. The summed E-state index contributed by atoms with van der Waals surface area (Å²) < 4.78 is 7.08. The number of halogens is 3. The molecule has 156 valence electrons. The Morgan fingerprint density at radius 2 is 1.87 bits per heavy atom. The molecule has 0 atom stereocenters.